The van der Waals surface area contributed by atoms with Crippen molar-refractivity contribution in [2.45, 2.75) is 38.8 Å². The number of carbonyl (C=O) groups is 2. The van der Waals surface area contributed by atoms with Gasteiger partial charge in [-0.2, -0.15) is 0 Å². The lowest BCUT2D eigenvalue weighted by Gasteiger charge is -2.26. The number of amides is 1. The molecule has 0 fully saturated rings. The number of aliphatic carboxylic acids is 1. The van der Waals surface area contributed by atoms with E-state index in [1.54, 1.807) is 20.3 Å². The molecule has 1 amide bonds. The van der Waals surface area contributed by atoms with Gasteiger partial charge < -0.3 is 29.4 Å². The van der Waals surface area contributed by atoms with Gasteiger partial charge in [0, 0.05) is 18.6 Å². The fourth-order valence-corrected chi connectivity index (χ4v) is 4.82. The molecule has 4 rings (SSSR count). The number of fused-ring (bicyclic) bond motifs is 1. The Bertz CT molecular complexity index is 1360. The average molecular weight is 556 g/mol. The van der Waals surface area contributed by atoms with Gasteiger partial charge in [0.15, 0.2) is 0 Å². The molecule has 8 nitrogen and oxygen atoms in total. The first-order chi connectivity index (χ1) is 19.3. The number of ether oxygens (including phenoxy) is 4. The Morgan fingerprint density at radius 3 is 2.35 bits per heavy atom. The molecule has 0 spiro atoms. The summed E-state index contributed by atoms with van der Waals surface area (Å²) in [6.07, 6.45) is 1.22. The number of nitrogens with one attached hydrogen (secondary N) is 1. The Labute approximate surface area is 230 Å². The number of hydrogen-bond donors (Lipinski definition) is 2. The van der Waals surface area contributed by atoms with Crippen LogP contribution in [-0.4, -0.2) is 50.5 Å². The molecule has 0 saturated carbocycles. The lowest BCUT2D eigenvalue weighted by Crippen LogP contribution is -2.43. The lowest BCUT2D eigenvalue weighted by atomic mass is 9.89. The largest absolute Gasteiger partial charge is 0.496 e. The van der Waals surface area contributed by atoms with E-state index in [0.29, 0.717) is 49.1 Å². The number of halogens is 2. The van der Waals surface area contributed by atoms with Crippen molar-refractivity contribution in [2.75, 3.05) is 27.4 Å². The molecule has 0 bridgehead atoms. The highest BCUT2D eigenvalue weighted by atomic mass is 19.1. The first-order valence-electron chi connectivity index (χ1n) is 12.9. The van der Waals surface area contributed by atoms with Gasteiger partial charge in [0.05, 0.1) is 33.0 Å². The molecular weight excluding hydrogens is 524 g/mol. The van der Waals surface area contributed by atoms with Crippen molar-refractivity contribution in [1.29, 1.82) is 0 Å². The van der Waals surface area contributed by atoms with Crippen molar-refractivity contribution in [3.05, 3.63) is 76.4 Å². The Morgan fingerprint density at radius 2 is 1.75 bits per heavy atom. The number of carboxylic acids is 1. The maximum absolute atomic E-state index is 14.1. The summed E-state index contributed by atoms with van der Waals surface area (Å²) in [5.41, 5.74) is 2.94. The van der Waals surface area contributed by atoms with Gasteiger partial charge in [0.2, 0.25) is 0 Å². The highest BCUT2D eigenvalue weighted by molar-refractivity contribution is 5.97. The Balaban J connectivity index is 1.72. The molecule has 0 saturated heterocycles. The molecule has 2 N–H and O–H groups in total. The van der Waals surface area contributed by atoms with Crippen LogP contribution >= 0.6 is 0 Å². The standard InChI is InChI=1S/C30H31F2NO7/c1-4-39-16-17-13-24(37-2)26(25(14-17)38-3)19-11-10-18(28-20(19)7-6-12-40-28)15-23(30(35)36)33-29(34)27-21(31)8-5-9-22(27)32/h5,8-11,13-14,23H,4,6-7,12,15-16H2,1-3H3,(H,33,34)(H,35,36)/t23-/m0/s1. The van der Waals surface area contributed by atoms with Crippen LogP contribution in [-0.2, 0) is 29.0 Å². The summed E-state index contributed by atoms with van der Waals surface area (Å²) in [5.74, 6) is -3.01. The van der Waals surface area contributed by atoms with Crippen molar-refractivity contribution in [3.8, 4) is 28.4 Å². The molecule has 40 heavy (non-hydrogen) atoms. The molecule has 1 heterocycles. The van der Waals surface area contributed by atoms with E-state index >= 15 is 0 Å². The summed E-state index contributed by atoms with van der Waals surface area (Å²) in [6, 6.07) is 8.85. The topological polar surface area (TPSA) is 103 Å². The van der Waals surface area contributed by atoms with E-state index in [-0.39, 0.29) is 6.42 Å². The Hall–Kier alpha value is -4.18. The third-order valence-corrected chi connectivity index (χ3v) is 6.68. The van der Waals surface area contributed by atoms with Crippen molar-refractivity contribution in [1.82, 2.24) is 5.32 Å². The van der Waals surface area contributed by atoms with Gasteiger partial charge >= 0.3 is 5.97 Å². The van der Waals surface area contributed by atoms with Crippen LogP contribution < -0.4 is 19.5 Å². The number of carbonyl (C=O) groups excluding carboxylic acids is 1. The summed E-state index contributed by atoms with van der Waals surface area (Å²) in [5, 5.41) is 12.1. The third kappa shape index (κ3) is 6.02. The predicted octanol–water partition coefficient (Wildman–Crippen LogP) is 4.94. The minimum atomic E-state index is -1.46. The van der Waals surface area contributed by atoms with E-state index in [0.717, 1.165) is 46.9 Å². The Kier molecular flexibility index (Phi) is 9.21. The lowest BCUT2D eigenvalue weighted by molar-refractivity contribution is -0.139. The van der Waals surface area contributed by atoms with E-state index in [1.165, 1.54) is 0 Å². The number of benzene rings is 3. The minimum absolute atomic E-state index is 0.165. The second-order valence-electron chi connectivity index (χ2n) is 9.21. The minimum Gasteiger partial charge on any atom is -0.496 e. The normalized spacial score (nSPS) is 13.1. The van der Waals surface area contributed by atoms with Crippen LogP contribution in [0, 0.1) is 11.6 Å². The van der Waals surface area contributed by atoms with E-state index < -0.39 is 35.1 Å². The molecule has 3 aromatic rings. The highest BCUT2D eigenvalue weighted by Gasteiger charge is 2.29. The summed E-state index contributed by atoms with van der Waals surface area (Å²) in [6.45, 7) is 3.29. The maximum atomic E-state index is 14.1. The smallest absolute Gasteiger partial charge is 0.326 e. The molecule has 212 valence electrons. The van der Waals surface area contributed by atoms with Crippen molar-refractivity contribution >= 4 is 11.9 Å². The van der Waals surface area contributed by atoms with Crippen LogP contribution in [0.5, 0.6) is 17.2 Å². The van der Waals surface area contributed by atoms with Gasteiger partial charge in [-0.05, 0) is 60.7 Å². The molecule has 0 aromatic heterocycles. The maximum Gasteiger partial charge on any atom is 0.326 e. The zero-order valence-electron chi connectivity index (χ0n) is 22.5. The second kappa shape index (κ2) is 12.8. The monoisotopic (exact) mass is 555 g/mol. The molecule has 1 atom stereocenters. The summed E-state index contributed by atoms with van der Waals surface area (Å²) in [4.78, 5) is 24.7. The zero-order valence-corrected chi connectivity index (χ0v) is 22.5. The van der Waals surface area contributed by atoms with Crippen molar-refractivity contribution in [3.63, 3.8) is 0 Å². The summed E-state index contributed by atoms with van der Waals surface area (Å²) in [7, 11) is 3.14. The highest BCUT2D eigenvalue weighted by Crippen LogP contribution is 2.45. The number of hydrogen-bond acceptors (Lipinski definition) is 6. The molecule has 1 aliphatic rings. The predicted molar refractivity (Wildman–Crippen MR) is 143 cm³/mol. The number of rotatable bonds is 11. The van der Waals surface area contributed by atoms with Crippen LogP contribution in [0.15, 0.2) is 42.5 Å². The SMILES string of the molecule is CCOCc1cc(OC)c(-c2ccc(C[C@H](NC(=O)c3c(F)cccc3F)C(=O)O)c3c2CCCO3)c(OC)c1. The van der Waals surface area contributed by atoms with E-state index in [4.69, 9.17) is 18.9 Å². The van der Waals surface area contributed by atoms with E-state index in [1.807, 2.05) is 25.1 Å². The van der Waals surface area contributed by atoms with Crippen molar-refractivity contribution in [2.24, 2.45) is 0 Å². The Morgan fingerprint density at radius 1 is 1.07 bits per heavy atom. The fourth-order valence-electron chi connectivity index (χ4n) is 4.82. The van der Waals surface area contributed by atoms with Gasteiger partial charge in [-0.25, -0.2) is 13.6 Å². The molecule has 1 aliphatic heterocycles. The van der Waals surface area contributed by atoms with Crippen LogP contribution in [0.1, 0.15) is 40.4 Å². The van der Waals surface area contributed by atoms with E-state index in [9.17, 15) is 23.5 Å². The quantitative estimate of drug-likeness (QED) is 0.346. The molecule has 3 aromatic carbocycles. The summed E-state index contributed by atoms with van der Waals surface area (Å²) < 4.78 is 51.3. The van der Waals surface area contributed by atoms with Crippen LogP contribution in [0.4, 0.5) is 8.78 Å². The van der Waals surface area contributed by atoms with Crippen molar-refractivity contribution < 1.29 is 42.4 Å². The third-order valence-electron chi connectivity index (χ3n) is 6.68. The summed E-state index contributed by atoms with van der Waals surface area (Å²) >= 11 is 0. The first kappa shape index (κ1) is 28.8. The molecule has 10 heteroatoms. The van der Waals surface area contributed by atoms with Gasteiger partial charge in [-0.15, -0.1) is 0 Å². The molecule has 0 aliphatic carbocycles. The number of methoxy groups -OCH3 is 2. The average Bonchev–Trinajstić information content (AvgIpc) is 2.95. The van der Waals surface area contributed by atoms with Crippen LogP contribution in [0.25, 0.3) is 11.1 Å². The number of carboxylic acid groups (broad SMARTS) is 1. The molecular formula is C30H31F2NO7. The van der Waals surface area contributed by atoms with Gasteiger partial charge in [0.25, 0.3) is 5.91 Å². The van der Waals surface area contributed by atoms with Gasteiger partial charge in [-0.1, -0.05) is 18.2 Å². The molecule has 0 radical (unpaired) electrons. The van der Waals surface area contributed by atoms with Gasteiger partial charge in [0.1, 0.15) is 40.5 Å². The molecule has 0 unspecified atom stereocenters. The zero-order chi connectivity index (χ0) is 28.8. The fraction of sp³-hybridized carbons (Fsp3) is 0.333. The van der Waals surface area contributed by atoms with Gasteiger partial charge in [-0.3, -0.25) is 4.79 Å². The first-order valence-corrected chi connectivity index (χ1v) is 12.9. The van der Waals surface area contributed by atoms with E-state index in [2.05, 4.69) is 5.32 Å². The second-order valence-corrected chi connectivity index (χ2v) is 9.21. The van der Waals surface area contributed by atoms with Crippen LogP contribution in [0.2, 0.25) is 0 Å². The van der Waals surface area contributed by atoms with Crippen LogP contribution in [0.3, 0.4) is 0 Å².